The Balaban J connectivity index is 3.02. The predicted octanol–water partition coefficient (Wildman–Crippen LogP) is 2.50. The largest absolute Gasteiger partial charge is 0.511 e. The molecule has 0 radical (unpaired) electrons. The van der Waals surface area contributed by atoms with Crippen LogP contribution in [0.2, 0.25) is 0 Å². The second-order valence-corrected chi connectivity index (χ2v) is 4.16. The van der Waals surface area contributed by atoms with Gasteiger partial charge in [-0.15, -0.1) is 17.8 Å². The average Bonchev–Trinajstić information content (AvgIpc) is 2.65. The highest BCUT2D eigenvalue weighted by Crippen LogP contribution is 2.14. The van der Waals surface area contributed by atoms with E-state index in [1.807, 2.05) is 0 Å². The van der Waals surface area contributed by atoms with Crippen molar-refractivity contribution in [1.29, 1.82) is 0 Å². The van der Waals surface area contributed by atoms with Crippen LogP contribution in [0, 0.1) is 24.2 Å². The van der Waals surface area contributed by atoms with Crippen LogP contribution in [0.1, 0.15) is 23.6 Å². The standard InChI is InChI=1S/C13H10O2S/c1-4-11-5-6-12(16-11)7-8-13(9(2)14)10(3)15/h1,5-6,14H,2-3H3/b13-9+. The molecule has 3 heteroatoms. The quantitative estimate of drug-likeness (QED) is 0.457. The molecule has 0 aromatic carbocycles. The first-order valence-corrected chi connectivity index (χ1v) is 5.35. The van der Waals surface area contributed by atoms with Gasteiger partial charge in [-0.1, -0.05) is 17.8 Å². The van der Waals surface area contributed by atoms with Crippen LogP contribution in [0.4, 0.5) is 0 Å². The van der Waals surface area contributed by atoms with E-state index in [2.05, 4.69) is 17.8 Å². The molecule has 80 valence electrons. The van der Waals surface area contributed by atoms with E-state index in [-0.39, 0.29) is 17.1 Å². The Hall–Kier alpha value is -1.97. The van der Waals surface area contributed by atoms with E-state index in [4.69, 9.17) is 6.42 Å². The minimum Gasteiger partial charge on any atom is -0.511 e. The van der Waals surface area contributed by atoms with Gasteiger partial charge in [0.05, 0.1) is 9.75 Å². The molecule has 0 amide bonds. The van der Waals surface area contributed by atoms with Gasteiger partial charge in [-0.25, -0.2) is 0 Å². The lowest BCUT2D eigenvalue weighted by Gasteiger charge is -1.93. The lowest BCUT2D eigenvalue weighted by molar-refractivity contribution is -0.113. The normalized spacial score (nSPS) is 10.8. The third-order valence-corrected chi connectivity index (χ3v) is 2.70. The van der Waals surface area contributed by atoms with Crippen LogP contribution in [-0.2, 0) is 4.79 Å². The molecule has 1 heterocycles. The molecule has 0 spiro atoms. The van der Waals surface area contributed by atoms with Gasteiger partial charge in [0.1, 0.15) is 11.3 Å². The smallest absolute Gasteiger partial charge is 0.171 e. The molecule has 0 saturated carbocycles. The third-order valence-electron chi connectivity index (χ3n) is 1.77. The zero-order valence-corrected chi connectivity index (χ0v) is 9.81. The number of thiophene rings is 1. The van der Waals surface area contributed by atoms with Crippen LogP contribution >= 0.6 is 11.3 Å². The van der Waals surface area contributed by atoms with Crippen LogP contribution in [0.15, 0.2) is 23.5 Å². The fourth-order valence-electron chi connectivity index (χ4n) is 1.04. The number of carbonyl (C=O) groups is 1. The number of Topliss-reactive ketones (excluding diaryl/α,β-unsaturated/α-hetero) is 1. The maximum atomic E-state index is 11.1. The van der Waals surface area contributed by atoms with Crippen LogP contribution in [0.25, 0.3) is 0 Å². The maximum absolute atomic E-state index is 11.1. The molecule has 0 aliphatic heterocycles. The molecule has 0 fully saturated rings. The third kappa shape index (κ3) is 3.02. The number of ketones is 1. The van der Waals surface area contributed by atoms with Crippen LogP contribution in [-0.4, -0.2) is 10.9 Å². The SMILES string of the molecule is C#Cc1ccc(C#C/C(C(C)=O)=C(/C)O)s1. The molecule has 0 saturated heterocycles. The number of aliphatic hydroxyl groups excluding tert-OH is 1. The van der Waals surface area contributed by atoms with Crippen LogP contribution < -0.4 is 0 Å². The van der Waals surface area contributed by atoms with Crippen molar-refractivity contribution < 1.29 is 9.90 Å². The average molecular weight is 230 g/mol. The molecular formula is C13H10O2S. The van der Waals surface area contributed by atoms with Gasteiger partial charge in [0.15, 0.2) is 5.78 Å². The minimum atomic E-state index is -0.249. The van der Waals surface area contributed by atoms with E-state index in [0.717, 1.165) is 9.75 Å². The van der Waals surface area contributed by atoms with Gasteiger partial charge in [-0.2, -0.15) is 0 Å². The zero-order chi connectivity index (χ0) is 12.1. The van der Waals surface area contributed by atoms with Gasteiger partial charge >= 0.3 is 0 Å². The number of rotatable bonds is 1. The maximum Gasteiger partial charge on any atom is 0.171 e. The molecule has 16 heavy (non-hydrogen) atoms. The molecule has 0 unspecified atom stereocenters. The van der Waals surface area contributed by atoms with Gasteiger partial charge in [-0.05, 0) is 26.0 Å². The number of terminal acetylenes is 1. The summed E-state index contributed by atoms with van der Waals surface area (Å²) in [6.45, 7) is 2.80. The fourth-order valence-corrected chi connectivity index (χ4v) is 1.71. The molecule has 1 rings (SSSR count). The first-order chi connectivity index (χ1) is 7.54. The van der Waals surface area contributed by atoms with Crippen molar-refractivity contribution in [2.45, 2.75) is 13.8 Å². The van der Waals surface area contributed by atoms with Crippen molar-refractivity contribution in [3.63, 3.8) is 0 Å². The summed E-state index contributed by atoms with van der Waals surface area (Å²) in [7, 11) is 0. The first-order valence-electron chi connectivity index (χ1n) is 4.54. The van der Waals surface area contributed by atoms with Gasteiger partial charge in [0.25, 0.3) is 0 Å². The Labute approximate surface area is 98.6 Å². The molecule has 1 N–H and O–H groups in total. The molecule has 0 bridgehead atoms. The molecule has 0 aliphatic carbocycles. The van der Waals surface area contributed by atoms with E-state index in [1.165, 1.54) is 25.2 Å². The van der Waals surface area contributed by atoms with E-state index in [1.54, 1.807) is 12.1 Å². The number of carbonyl (C=O) groups excluding carboxylic acids is 1. The molecular weight excluding hydrogens is 220 g/mol. The number of allylic oxidation sites excluding steroid dienone is 2. The van der Waals surface area contributed by atoms with Crippen LogP contribution in [0.5, 0.6) is 0 Å². The summed E-state index contributed by atoms with van der Waals surface area (Å²) >= 11 is 1.37. The zero-order valence-electron chi connectivity index (χ0n) is 9.00. The summed E-state index contributed by atoms with van der Waals surface area (Å²) in [5.74, 6) is 7.63. The summed E-state index contributed by atoms with van der Waals surface area (Å²) in [5, 5.41) is 9.24. The van der Waals surface area contributed by atoms with Crippen molar-refractivity contribution in [3.8, 4) is 24.2 Å². The topological polar surface area (TPSA) is 37.3 Å². The molecule has 0 aliphatic rings. The second-order valence-electron chi connectivity index (χ2n) is 3.07. The fraction of sp³-hybridized carbons (Fsp3) is 0.154. The Morgan fingerprint density at radius 1 is 1.38 bits per heavy atom. The highest BCUT2D eigenvalue weighted by atomic mass is 32.1. The Morgan fingerprint density at radius 3 is 2.44 bits per heavy atom. The summed E-state index contributed by atoms with van der Waals surface area (Å²) < 4.78 is 0. The van der Waals surface area contributed by atoms with Gasteiger partial charge in [0.2, 0.25) is 0 Å². The summed E-state index contributed by atoms with van der Waals surface area (Å²) in [5.41, 5.74) is 0.135. The van der Waals surface area contributed by atoms with Crippen LogP contribution in [0.3, 0.4) is 0 Å². The molecule has 1 aromatic rings. The first kappa shape index (κ1) is 12.1. The van der Waals surface area contributed by atoms with E-state index >= 15 is 0 Å². The molecule has 1 aromatic heterocycles. The van der Waals surface area contributed by atoms with Gasteiger partial charge in [-0.3, -0.25) is 4.79 Å². The van der Waals surface area contributed by atoms with Crippen molar-refractivity contribution in [3.05, 3.63) is 33.2 Å². The van der Waals surface area contributed by atoms with Crippen molar-refractivity contribution in [1.82, 2.24) is 0 Å². The monoisotopic (exact) mass is 230 g/mol. The second kappa shape index (κ2) is 5.21. The van der Waals surface area contributed by atoms with Crippen molar-refractivity contribution in [2.24, 2.45) is 0 Å². The number of hydrogen-bond donors (Lipinski definition) is 1. The van der Waals surface area contributed by atoms with Crippen molar-refractivity contribution >= 4 is 17.1 Å². The van der Waals surface area contributed by atoms with Crippen molar-refractivity contribution in [2.75, 3.05) is 0 Å². The Bertz CT molecular complexity index is 540. The minimum absolute atomic E-state index is 0.0614. The van der Waals surface area contributed by atoms with Gasteiger partial charge in [0, 0.05) is 0 Å². The number of aliphatic hydroxyl groups is 1. The van der Waals surface area contributed by atoms with E-state index < -0.39 is 0 Å². The summed E-state index contributed by atoms with van der Waals surface area (Å²) in [6.07, 6.45) is 5.22. The summed E-state index contributed by atoms with van der Waals surface area (Å²) in [6, 6.07) is 3.58. The summed E-state index contributed by atoms with van der Waals surface area (Å²) in [4.78, 5) is 12.7. The lowest BCUT2D eigenvalue weighted by Crippen LogP contribution is -1.97. The predicted molar refractivity (Wildman–Crippen MR) is 65.1 cm³/mol. The Kier molecular flexibility index (Phi) is 3.94. The molecule has 0 atom stereocenters. The highest BCUT2D eigenvalue weighted by Gasteiger charge is 2.04. The molecule has 2 nitrogen and oxygen atoms in total. The Morgan fingerprint density at radius 2 is 2.00 bits per heavy atom. The van der Waals surface area contributed by atoms with E-state index in [9.17, 15) is 9.90 Å². The lowest BCUT2D eigenvalue weighted by atomic mass is 10.1. The highest BCUT2D eigenvalue weighted by molar-refractivity contribution is 7.13. The number of hydrogen-bond acceptors (Lipinski definition) is 3. The van der Waals surface area contributed by atoms with Gasteiger partial charge < -0.3 is 5.11 Å². The van der Waals surface area contributed by atoms with E-state index in [0.29, 0.717) is 0 Å².